The van der Waals surface area contributed by atoms with Gasteiger partial charge in [0.1, 0.15) is 5.21 Å². The van der Waals surface area contributed by atoms with Gasteiger partial charge in [-0.25, -0.2) is 0 Å². The summed E-state index contributed by atoms with van der Waals surface area (Å²) in [6.45, 7) is 0. The quantitative estimate of drug-likeness (QED) is 0.450. The summed E-state index contributed by atoms with van der Waals surface area (Å²) in [4.78, 5) is 0.394. The predicted octanol–water partition coefficient (Wildman–Crippen LogP) is -0.0756. The Morgan fingerprint density at radius 3 is 2.46 bits per heavy atom. The maximum Gasteiger partial charge on any atom is 0.291 e. The van der Waals surface area contributed by atoms with Crippen LogP contribution >= 0.6 is 0 Å². The molecule has 0 aliphatic carbocycles. The van der Waals surface area contributed by atoms with Crippen molar-refractivity contribution in [2.45, 2.75) is 0 Å². The van der Waals surface area contributed by atoms with E-state index >= 15 is 0 Å². The summed E-state index contributed by atoms with van der Waals surface area (Å²) in [5.74, 6) is -0.111. The maximum atomic E-state index is 11.0. The SMILES string of the molecule is [O-]n1nn[n+]([O-])c1-c1ccccc1. The number of hydrogen-bond donors (Lipinski definition) is 0. The molecule has 1 heterocycles. The van der Waals surface area contributed by atoms with E-state index in [9.17, 15) is 10.4 Å². The molecule has 0 spiro atoms. The van der Waals surface area contributed by atoms with Crippen LogP contribution in [0.5, 0.6) is 0 Å². The van der Waals surface area contributed by atoms with Crippen molar-refractivity contribution in [3.63, 3.8) is 0 Å². The summed E-state index contributed by atoms with van der Waals surface area (Å²) in [6, 6.07) is 8.52. The van der Waals surface area contributed by atoms with E-state index in [0.29, 0.717) is 5.56 Å². The van der Waals surface area contributed by atoms with E-state index in [0.717, 1.165) is 0 Å². The number of aromatic nitrogens is 4. The van der Waals surface area contributed by atoms with Gasteiger partial charge in [0.25, 0.3) is 5.82 Å². The van der Waals surface area contributed by atoms with E-state index in [4.69, 9.17) is 0 Å². The molecular weight excluding hydrogens is 172 g/mol. The first kappa shape index (κ1) is 7.53. The standard InChI is InChI=1S/C7H5N4O2/c12-10-7(11(13)9-8-10)6-4-2-1-3-5-6/h1-5H/q-1. The molecule has 0 aliphatic heterocycles. The van der Waals surface area contributed by atoms with Crippen LogP contribution in [0.25, 0.3) is 11.4 Å². The summed E-state index contributed by atoms with van der Waals surface area (Å²) in [5.41, 5.74) is 0.498. The first-order chi connectivity index (χ1) is 6.29. The fourth-order valence-electron chi connectivity index (χ4n) is 1.04. The fraction of sp³-hybridized carbons (Fsp3) is 0. The van der Waals surface area contributed by atoms with Crippen molar-refractivity contribution in [3.8, 4) is 11.4 Å². The van der Waals surface area contributed by atoms with E-state index in [1.807, 2.05) is 0 Å². The Hall–Kier alpha value is -2.11. The second-order valence-corrected chi connectivity index (χ2v) is 2.41. The average molecular weight is 177 g/mol. The van der Waals surface area contributed by atoms with Crippen molar-refractivity contribution in [2.75, 3.05) is 0 Å². The third-order valence-electron chi connectivity index (χ3n) is 1.60. The van der Waals surface area contributed by atoms with E-state index in [1.54, 1.807) is 30.3 Å². The van der Waals surface area contributed by atoms with Gasteiger partial charge in [-0.05, 0) is 12.1 Å². The van der Waals surface area contributed by atoms with Crippen molar-refractivity contribution in [2.24, 2.45) is 0 Å². The predicted molar refractivity (Wildman–Crippen MR) is 43.2 cm³/mol. The van der Waals surface area contributed by atoms with Crippen LogP contribution in [-0.2, 0) is 0 Å². The van der Waals surface area contributed by atoms with E-state index in [2.05, 4.69) is 10.4 Å². The molecule has 13 heavy (non-hydrogen) atoms. The minimum atomic E-state index is -0.111. The Morgan fingerprint density at radius 1 is 1.23 bits per heavy atom. The summed E-state index contributed by atoms with van der Waals surface area (Å²) >= 11 is 0. The van der Waals surface area contributed by atoms with Crippen LogP contribution in [0.1, 0.15) is 0 Å². The van der Waals surface area contributed by atoms with E-state index in [-0.39, 0.29) is 15.5 Å². The molecule has 0 saturated heterocycles. The molecule has 0 aliphatic rings. The van der Waals surface area contributed by atoms with Gasteiger partial charge in [0, 0.05) is 0 Å². The second kappa shape index (κ2) is 2.74. The fourth-order valence-corrected chi connectivity index (χ4v) is 1.04. The first-order valence-electron chi connectivity index (χ1n) is 3.57. The van der Waals surface area contributed by atoms with E-state index in [1.165, 1.54) is 0 Å². The van der Waals surface area contributed by atoms with Crippen LogP contribution in [0, 0.1) is 10.4 Å². The summed E-state index contributed by atoms with van der Waals surface area (Å²) in [6.07, 6.45) is 0. The zero-order valence-electron chi connectivity index (χ0n) is 6.49. The highest BCUT2D eigenvalue weighted by atomic mass is 16.5. The molecule has 0 radical (unpaired) electrons. The van der Waals surface area contributed by atoms with Crippen molar-refractivity contribution in [1.82, 2.24) is 15.3 Å². The van der Waals surface area contributed by atoms with Gasteiger partial charge < -0.3 is 10.4 Å². The number of nitrogens with zero attached hydrogens (tertiary/aromatic N) is 4. The number of rotatable bonds is 1. The lowest BCUT2D eigenvalue weighted by molar-refractivity contribution is -0.659. The molecule has 0 N–H and O–H groups in total. The van der Waals surface area contributed by atoms with Crippen molar-refractivity contribution in [3.05, 3.63) is 40.7 Å². The Labute approximate surface area is 73.2 Å². The Kier molecular flexibility index (Phi) is 1.59. The van der Waals surface area contributed by atoms with Crippen molar-refractivity contribution in [1.29, 1.82) is 0 Å². The molecule has 0 amide bonds. The van der Waals surface area contributed by atoms with Crippen molar-refractivity contribution >= 4 is 0 Å². The van der Waals surface area contributed by atoms with Gasteiger partial charge in [-0.1, -0.05) is 23.0 Å². The Balaban J connectivity index is 2.59. The highest BCUT2D eigenvalue weighted by Gasteiger charge is 2.11. The summed E-state index contributed by atoms with van der Waals surface area (Å²) < 4.78 is 0. The second-order valence-electron chi connectivity index (χ2n) is 2.41. The minimum absolute atomic E-state index is 0.111. The summed E-state index contributed by atoms with van der Waals surface area (Å²) in [5, 5.41) is 28.0. The van der Waals surface area contributed by atoms with Crippen molar-refractivity contribution < 1.29 is 4.85 Å². The zero-order chi connectivity index (χ0) is 9.26. The molecule has 2 rings (SSSR count). The van der Waals surface area contributed by atoms with Gasteiger partial charge >= 0.3 is 0 Å². The van der Waals surface area contributed by atoms with E-state index < -0.39 is 0 Å². The zero-order valence-corrected chi connectivity index (χ0v) is 6.49. The molecule has 0 atom stereocenters. The molecule has 0 saturated carbocycles. The Morgan fingerprint density at radius 2 is 1.92 bits per heavy atom. The largest absolute Gasteiger partial charge is 0.721 e. The normalized spacial score (nSPS) is 10.2. The molecule has 6 nitrogen and oxygen atoms in total. The number of hydrogen-bond acceptors (Lipinski definition) is 4. The molecule has 6 heteroatoms. The smallest absolute Gasteiger partial charge is 0.291 e. The number of benzene rings is 1. The molecule has 0 unspecified atom stereocenters. The maximum absolute atomic E-state index is 11.0. The molecule has 1 aromatic heterocycles. The van der Waals surface area contributed by atoms with Crippen LogP contribution in [0.3, 0.4) is 0 Å². The Bertz CT molecular complexity index is 392. The monoisotopic (exact) mass is 177 g/mol. The molecule has 1 aromatic carbocycles. The first-order valence-corrected chi connectivity index (χ1v) is 3.57. The molecule has 2 aromatic rings. The van der Waals surface area contributed by atoms with Gasteiger partial charge in [0.2, 0.25) is 0 Å². The highest BCUT2D eigenvalue weighted by molar-refractivity contribution is 5.51. The van der Waals surface area contributed by atoms with Crippen LogP contribution in [0.4, 0.5) is 0 Å². The van der Waals surface area contributed by atoms with Gasteiger partial charge in [-0.3, -0.25) is 0 Å². The van der Waals surface area contributed by atoms with Crippen LogP contribution in [-0.4, -0.2) is 15.3 Å². The molecule has 66 valence electrons. The molecular formula is C7H5N4O2-. The number of tetrazole rings is 1. The third-order valence-corrected chi connectivity index (χ3v) is 1.60. The summed E-state index contributed by atoms with van der Waals surface area (Å²) in [7, 11) is 0. The lowest BCUT2D eigenvalue weighted by Crippen LogP contribution is -2.30. The van der Waals surface area contributed by atoms with Crippen LogP contribution in [0.2, 0.25) is 0 Å². The van der Waals surface area contributed by atoms with Gasteiger partial charge in [0.15, 0.2) is 5.21 Å². The third kappa shape index (κ3) is 1.18. The lowest BCUT2D eigenvalue weighted by Gasteiger charge is -2.02. The topological polar surface area (TPSA) is 80.7 Å². The van der Waals surface area contributed by atoms with Gasteiger partial charge in [-0.2, -0.15) is 0 Å². The van der Waals surface area contributed by atoms with Gasteiger partial charge in [0.05, 0.1) is 5.56 Å². The lowest BCUT2D eigenvalue weighted by atomic mass is 10.2. The van der Waals surface area contributed by atoms with Crippen LogP contribution < -0.4 is 4.85 Å². The minimum Gasteiger partial charge on any atom is -0.721 e. The van der Waals surface area contributed by atoms with Crippen LogP contribution in [0.15, 0.2) is 30.3 Å². The molecule has 0 bridgehead atoms. The molecule has 0 fully saturated rings. The van der Waals surface area contributed by atoms with Gasteiger partial charge in [-0.15, -0.1) is 4.85 Å². The highest BCUT2D eigenvalue weighted by Crippen LogP contribution is 2.11. The average Bonchev–Trinajstić information content (AvgIpc) is 2.48.